The van der Waals surface area contributed by atoms with Crippen molar-refractivity contribution < 1.29 is 4.39 Å². The molecule has 1 atom stereocenters. The smallest absolute Gasteiger partial charge is 0.128 e. The maximum Gasteiger partial charge on any atom is 0.128 e. The number of nitriles is 1. The van der Waals surface area contributed by atoms with Crippen LogP contribution in [0.1, 0.15) is 24.1 Å². The molecule has 0 saturated heterocycles. The van der Waals surface area contributed by atoms with Gasteiger partial charge in [-0.15, -0.1) is 0 Å². The lowest BCUT2D eigenvalue weighted by atomic mass is 10.1. The van der Waals surface area contributed by atoms with Gasteiger partial charge >= 0.3 is 0 Å². The van der Waals surface area contributed by atoms with Crippen molar-refractivity contribution in [1.82, 2.24) is 0 Å². The Morgan fingerprint density at radius 3 is 2.68 bits per heavy atom. The SMILES string of the molecule is CC(Nc1cc(Br)ccc1C#N)c1ccccc1F. The zero-order valence-corrected chi connectivity index (χ0v) is 11.9. The number of nitrogens with zero attached hydrogens (tertiary/aromatic N) is 1. The van der Waals surface area contributed by atoms with Crippen molar-refractivity contribution in [1.29, 1.82) is 5.26 Å². The molecule has 0 aliphatic carbocycles. The number of benzene rings is 2. The Hall–Kier alpha value is -1.86. The Kier molecular flexibility index (Phi) is 4.18. The molecule has 0 radical (unpaired) electrons. The van der Waals surface area contributed by atoms with Crippen molar-refractivity contribution in [3.05, 3.63) is 63.9 Å². The van der Waals surface area contributed by atoms with Crippen LogP contribution in [-0.2, 0) is 0 Å². The number of halogens is 2. The number of hydrogen-bond acceptors (Lipinski definition) is 2. The predicted octanol–water partition coefficient (Wildman–Crippen LogP) is 4.63. The fourth-order valence-electron chi connectivity index (χ4n) is 1.87. The van der Waals surface area contributed by atoms with Crippen molar-refractivity contribution in [3.63, 3.8) is 0 Å². The van der Waals surface area contributed by atoms with E-state index >= 15 is 0 Å². The largest absolute Gasteiger partial charge is 0.377 e. The summed E-state index contributed by atoms with van der Waals surface area (Å²) >= 11 is 3.36. The molecule has 0 spiro atoms. The lowest BCUT2D eigenvalue weighted by Crippen LogP contribution is -2.09. The van der Waals surface area contributed by atoms with Gasteiger partial charge in [-0.2, -0.15) is 5.26 Å². The normalized spacial score (nSPS) is 11.7. The van der Waals surface area contributed by atoms with Crippen LogP contribution in [0.5, 0.6) is 0 Å². The molecule has 1 N–H and O–H groups in total. The standard InChI is InChI=1S/C15H12BrFN2/c1-10(13-4-2-3-5-14(13)17)19-15-8-12(16)7-6-11(15)9-18/h2-8,10,19H,1H3. The van der Waals surface area contributed by atoms with Gasteiger partial charge in [-0.05, 0) is 31.2 Å². The zero-order chi connectivity index (χ0) is 13.8. The molecule has 1 unspecified atom stereocenters. The Balaban J connectivity index is 2.29. The Morgan fingerprint density at radius 2 is 2.00 bits per heavy atom. The summed E-state index contributed by atoms with van der Waals surface area (Å²) in [5, 5.41) is 12.2. The van der Waals surface area contributed by atoms with Gasteiger partial charge in [-0.25, -0.2) is 4.39 Å². The first-order valence-corrected chi connectivity index (χ1v) is 6.61. The molecule has 96 valence electrons. The quantitative estimate of drug-likeness (QED) is 0.895. The minimum Gasteiger partial charge on any atom is -0.377 e. The van der Waals surface area contributed by atoms with Crippen molar-refractivity contribution in [2.75, 3.05) is 5.32 Å². The first-order chi connectivity index (χ1) is 9.11. The third-order valence-corrected chi connectivity index (χ3v) is 3.34. The summed E-state index contributed by atoms with van der Waals surface area (Å²) in [5.74, 6) is -0.254. The fraction of sp³-hybridized carbons (Fsp3) is 0.133. The molecule has 2 aromatic rings. The van der Waals surface area contributed by atoms with E-state index in [0.29, 0.717) is 16.8 Å². The second-order valence-electron chi connectivity index (χ2n) is 4.19. The molecular weight excluding hydrogens is 307 g/mol. The molecule has 0 bridgehead atoms. The third kappa shape index (κ3) is 3.12. The average molecular weight is 319 g/mol. The van der Waals surface area contributed by atoms with Crippen molar-refractivity contribution in [2.24, 2.45) is 0 Å². The lowest BCUT2D eigenvalue weighted by molar-refractivity contribution is 0.600. The van der Waals surface area contributed by atoms with Crippen LogP contribution in [0.2, 0.25) is 0 Å². The maximum atomic E-state index is 13.7. The molecule has 2 aromatic carbocycles. The molecule has 0 heterocycles. The van der Waals surface area contributed by atoms with E-state index in [0.717, 1.165) is 4.47 Å². The van der Waals surface area contributed by atoms with Crippen LogP contribution in [-0.4, -0.2) is 0 Å². The van der Waals surface area contributed by atoms with E-state index in [4.69, 9.17) is 5.26 Å². The average Bonchev–Trinajstić information content (AvgIpc) is 2.39. The van der Waals surface area contributed by atoms with E-state index in [1.165, 1.54) is 6.07 Å². The molecule has 19 heavy (non-hydrogen) atoms. The molecule has 0 saturated carbocycles. The van der Waals surface area contributed by atoms with Crippen LogP contribution < -0.4 is 5.32 Å². The third-order valence-electron chi connectivity index (χ3n) is 2.85. The van der Waals surface area contributed by atoms with Crippen LogP contribution in [0.25, 0.3) is 0 Å². The summed E-state index contributed by atoms with van der Waals surface area (Å²) in [7, 11) is 0. The molecule has 0 aliphatic rings. The zero-order valence-electron chi connectivity index (χ0n) is 10.3. The summed E-state index contributed by atoms with van der Waals surface area (Å²) in [6, 6.07) is 13.9. The molecule has 2 rings (SSSR count). The minimum absolute atomic E-state index is 0.220. The Morgan fingerprint density at radius 1 is 1.26 bits per heavy atom. The van der Waals surface area contributed by atoms with Gasteiger partial charge in [0, 0.05) is 10.0 Å². The second kappa shape index (κ2) is 5.85. The number of nitrogens with one attached hydrogen (secondary N) is 1. The van der Waals surface area contributed by atoms with Crippen LogP contribution in [0.15, 0.2) is 46.9 Å². The number of anilines is 1. The maximum absolute atomic E-state index is 13.7. The summed E-state index contributed by atoms with van der Waals surface area (Å²) in [6.07, 6.45) is 0. The molecule has 0 aliphatic heterocycles. The first kappa shape index (κ1) is 13.6. The highest BCUT2D eigenvalue weighted by atomic mass is 79.9. The minimum atomic E-state index is -0.254. The van der Waals surface area contributed by atoms with E-state index in [1.807, 2.05) is 13.0 Å². The van der Waals surface area contributed by atoms with Crippen LogP contribution in [0, 0.1) is 17.1 Å². The molecule has 0 amide bonds. The highest BCUT2D eigenvalue weighted by Gasteiger charge is 2.12. The van der Waals surface area contributed by atoms with Gasteiger partial charge in [0.25, 0.3) is 0 Å². The fourth-order valence-corrected chi connectivity index (χ4v) is 2.23. The van der Waals surface area contributed by atoms with E-state index in [1.54, 1.807) is 30.3 Å². The van der Waals surface area contributed by atoms with Gasteiger partial charge in [0.15, 0.2) is 0 Å². The topological polar surface area (TPSA) is 35.8 Å². The Labute approximate surface area is 120 Å². The molecular formula is C15H12BrFN2. The monoisotopic (exact) mass is 318 g/mol. The van der Waals surface area contributed by atoms with Gasteiger partial charge in [-0.1, -0.05) is 34.1 Å². The predicted molar refractivity (Wildman–Crippen MR) is 77.3 cm³/mol. The Bertz CT molecular complexity index is 634. The molecule has 4 heteroatoms. The summed E-state index contributed by atoms with van der Waals surface area (Å²) in [6.45, 7) is 1.86. The van der Waals surface area contributed by atoms with E-state index in [-0.39, 0.29) is 11.9 Å². The summed E-state index contributed by atoms with van der Waals surface area (Å²) in [5.41, 5.74) is 1.80. The number of rotatable bonds is 3. The highest BCUT2D eigenvalue weighted by Crippen LogP contribution is 2.26. The molecule has 0 aromatic heterocycles. The molecule has 2 nitrogen and oxygen atoms in total. The van der Waals surface area contributed by atoms with Crippen molar-refractivity contribution >= 4 is 21.6 Å². The molecule has 0 fully saturated rings. The summed E-state index contributed by atoms with van der Waals surface area (Å²) < 4.78 is 14.6. The van der Waals surface area contributed by atoms with Crippen LogP contribution in [0.4, 0.5) is 10.1 Å². The van der Waals surface area contributed by atoms with Crippen LogP contribution >= 0.6 is 15.9 Å². The van der Waals surface area contributed by atoms with Gasteiger partial charge in [0.05, 0.1) is 17.3 Å². The van der Waals surface area contributed by atoms with Gasteiger partial charge in [0.1, 0.15) is 11.9 Å². The van der Waals surface area contributed by atoms with E-state index < -0.39 is 0 Å². The van der Waals surface area contributed by atoms with E-state index in [2.05, 4.69) is 27.3 Å². The lowest BCUT2D eigenvalue weighted by Gasteiger charge is -2.17. The van der Waals surface area contributed by atoms with Gasteiger partial charge in [0.2, 0.25) is 0 Å². The first-order valence-electron chi connectivity index (χ1n) is 5.82. The van der Waals surface area contributed by atoms with Crippen molar-refractivity contribution in [2.45, 2.75) is 13.0 Å². The van der Waals surface area contributed by atoms with Gasteiger partial charge in [-0.3, -0.25) is 0 Å². The second-order valence-corrected chi connectivity index (χ2v) is 5.10. The summed E-state index contributed by atoms with van der Waals surface area (Å²) in [4.78, 5) is 0. The van der Waals surface area contributed by atoms with Crippen molar-refractivity contribution in [3.8, 4) is 6.07 Å². The van der Waals surface area contributed by atoms with Crippen LogP contribution in [0.3, 0.4) is 0 Å². The van der Waals surface area contributed by atoms with Gasteiger partial charge < -0.3 is 5.32 Å². The number of hydrogen-bond donors (Lipinski definition) is 1. The highest BCUT2D eigenvalue weighted by molar-refractivity contribution is 9.10. The van der Waals surface area contributed by atoms with E-state index in [9.17, 15) is 4.39 Å².